The van der Waals surface area contributed by atoms with E-state index < -0.39 is 0 Å². The van der Waals surface area contributed by atoms with Crippen molar-refractivity contribution >= 4 is 5.91 Å². The predicted octanol–water partition coefficient (Wildman–Crippen LogP) is 3.38. The van der Waals surface area contributed by atoms with Gasteiger partial charge < -0.3 is 16.2 Å². The molecule has 0 saturated heterocycles. The molecule has 0 spiro atoms. The third-order valence-electron chi connectivity index (χ3n) is 4.27. The lowest BCUT2D eigenvalue weighted by molar-refractivity contribution is -0.120. The molecule has 4 N–H and O–H groups in total. The van der Waals surface area contributed by atoms with Crippen molar-refractivity contribution in [3.8, 4) is 16.9 Å². The summed E-state index contributed by atoms with van der Waals surface area (Å²) in [5.41, 5.74) is 10.8. The maximum Gasteiger partial charge on any atom is 0.224 e. The Bertz CT molecular complexity index is 854. The van der Waals surface area contributed by atoms with Crippen LogP contribution >= 0.6 is 0 Å². The molecule has 132 valence electrons. The Morgan fingerprint density at radius 3 is 1.85 bits per heavy atom. The SMILES string of the molecule is NCc1ccc(CNC(=O)Cc2ccc(-c3ccc(O)cc3)cc2)cc1. The zero-order valence-corrected chi connectivity index (χ0v) is 14.5. The molecule has 3 aromatic rings. The van der Waals surface area contributed by atoms with E-state index in [1.54, 1.807) is 12.1 Å². The first kappa shape index (κ1) is 17.7. The topological polar surface area (TPSA) is 75.3 Å². The molecular formula is C22H22N2O2. The monoisotopic (exact) mass is 346 g/mol. The van der Waals surface area contributed by atoms with Crippen LogP contribution in [-0.4, -0.2) is 11.0 Å². The third kappa shape index (κ3) is 4.71. The van der Waals surface area contributed by atoms with Gasteiger partial charge in [-0.25, -0.2) is 0 Å². The molecule has 0 aliphatic carbocycles. The van der Waals surface area contributed by atoms with Gasteiger partial charge in [0, 0.05) is 13.1 Å². The van der Waals surface area contributed by atoms with E-state index in [1.165, 1.54) is 0 Å². The number of nitrogens with one attached hydrogen (secondary N) is 1. The van der Waals surface area contributed by atoms with E-state index in [0.29, 0.717) is 19.5 Å². The second-order valence-electron chi connectivity index (χ2n) is 6.22. The first-order valence-corrected chi connectivity index (χ1v) is 8.57. The number of rotatable bonds is 6. The van der Waals surface area contributed by atoms with E-state index in [9.17, 15) is 9.90 Å². The summed E-state index contributed by atoms with van der Waals surface area (Å²) in [4.78, 5) is 12.1. The Labute approximate surface area is 153 Å². The highest BCUT2D eigenvalue weighted by Crippen LogP contribution is 2.22. The fourth-order valence-electron chi connectivity index (χ4n) is 2.71. The Morgan fingerprint density at radius 2 is 1.27 bits per heavy atom. The number of amides is 1. The maximum atomic E-state index is 12.1. The highest BCUT2D eigenvalue weighted by atomic mass is 16.3. The largest absolute Gasteiger partial charge is 0.508 e. The predicted molar refractivity (Wildman–Crippen MR) is 103 cm³/mol. The van der Waals surface area contributed by atoms with Crippen molar-refractivity contribution < 1.29 is 9.90 Å². The molecule has 0 radical (unpaired) electrons. The number of hydrogen-bond donors (Lipinski definition) is 3. The number of hydrogen-bond acceptors (Lipinski definition) is 3. The van der Waals surface area contributed by atoms with Crippen molar-refractivity contribution in [2.75, 3.05) is 0 Å². The zero-order chi connectivity index (χ0) is 18.4. The van der Waals surface area contributed by atoms with Crippen molar-refractivity contribution in [1.29, 1.82) is 0 Å². The van der Waals surface area contributed by atoms with Gasteiger partial charge in [-0.1, -0.05) is 60.7 Å². The van der Waals surface area contributed by atoms with Crippen LogP contribution in [0.25, 0.3) is 11.1 Å². The van der Waals surface area contributed by atoms with E-state index in [1.807, 2.05) is 60.7 Å². The first-order chi connectivity index (χ1) is 12.6. The molecule has 0 aromatic heterocycles. The molecule has 4 nitrogen and oxygen atoms in total. The summed E-state index contributed by atoms with van der Waals surface area (Å²) < 4.78 is 0. The van der Waals surface area contributed by atoms with E-state index in [-0.39, 0.29) is 11.7 Å². The second-order valence-corrected chi connectivity index (χ2v) is 6.22. The van der Waals surface area contributed by atoms with Crippen molar-refractivity contribution in [3.05, 3.63) is 89.5 Å². The van der Waals surface area contributed by atoms with Crippen LogP contribution in [0.5, 0.6) is 5.75 Å². The van der Waals surface area contributed by atoms with E-state index >= 15 is 0 Å². The number of phenols is 1. The molecule has 26 heavy (non-hydrogen) atoms. The second kappa shape index (κ2) is 8.32. The van der Waals surface area contributed by atoms with Crippen LogP contribution in [0.2, 0.25) is 0 Å². The summed E-state index contributed by atoms with van der Waals surface area (Å²) in [5.74, 6) is 0.241. The lowest BCUT2D eigenvalue weighted by Gasteiger charge is -2.07. The fourth-order valence-corrected chi connectivity index (χ4v) is 2.71. The van der Waals surface area contributed by atoms with Crippen LogP contribution in [0.15, 0.2) is 72.8 Å². The summed E-state index contributed by atoms with van der Waals surface area (Å²) in [7, 11) is 0. The van der Waals surface area contributed by atoms with E-state index in [0.717, 1.165) is 27.8 Å². The maximum absolute atomic E-state index is 12.1. The van der Waals surface area contributed by atoms with Crippen LogP contribution in [0, 0.1) is 0 Å². The Balaban J connectivity index is 1.54. The van der Waals surface area contributed by atoms with Gasteiger partial charge in [0.05, 0.1) is 6.42 Å². The Kier molecular flexibility index (Phi) is 5.66. The molecule has 0 aliphatic heterocycles. The van der Waals surface area contributed by atoms with Gasteiger partial charge >= 0.3 is 0 Å². The smallest absolute Gasteiger partial charge is 0.224 e. The standard InChI is InChI=1S/C22H22N2O2/c23-14-17-1-3-18(4-2-17)15-24-22(26)13-16-5-7-19(8-6-16)20-9-11-21(25)12-10-20/h1-12,25H,13-15,23H2,(H,24,26). The van der Waals surface area contributed by atoms with Gasteiger partial charge in [-0.15, -0.1) is 0 Å². The fraction of sp³-hybridized carbons (Fsp3) is 0.136. The van der Waals surface area contributed by atoms with Crippen molar-refractivity contribution in [2.24, 2.45) is 5.73 Å². The minimum absolute atomic E-state index is 0.00900. The van der Waals surface area contributed by atoms with Crippen LogP contribution in [0.4, 0.5) is 0 Å². The molecule has 0 heterocycles. The number of nitrogens with two attached hydrogens (primary N) is 1. The van der Waals surface area contributed by atoms with Gasteiger partial charge in [0.15, 0.2) is 0 Å². The molecular weight excluding hydrogens is 324 g/mol. The minimum atomic E-state index is -0.00900. The molecule has 0 saturated carbocycles. The van der Waals surface area contributed by atoms with Gasteiger partial charge in [0.25, 0.3) is 0 Å². The van der Waals surface area contributed by atoms with Gasteiger partial charge in [0.2, 0.25) is 5.91 Å². The van der Waals surface area contributed by atoms with Crippen molar-refractivity contribution in [1.82, 2.24) is 5.32 Å². The molecule has 3 rings (SSSR count). The minimum Gasteiger partial charge on any atom is -0.508 e. The lowest BCUT2D eigenvalue weighted by atomic mass is 10.0. The summed E-state index contributed by atoms with van der Waals surface area (Å²) in [5, 5.41) is 12.3. The molecule has 0 bridgehead atoms. The molecule has 0 atom stereocenters. The first-order valence-electron chi connectivity index (χ1n) is 8.57. The van der Waals surface area contributed by atoms with E-state index in [2.05, 4.69) is 5.32 Å². The number of phenolic OH excluding ortho intramolecular Hbond substituents is 1. The van der Waals surface area contributed by atoms with Crippen LogP contribution in [0.3, 0.4) is 0 Å². The zero-order valence-electron chi connectivity index (χ0n) is 14.5. The average molecular weight is 346 g/mol. The van der Waals surface area contributed by atoms with Crippen LogP contribution in [-0.2, 0) is 24.3 Å². The van der Waals surface area contributed by atoms with E-state index in [4.69, 9.17) is 5.73 Å². The van der Waals surface area contributed by atoms with Gasteiger partial charge in [0.1, 0.15) is 5.75 Å². The number of carbonyl (C=O) groups is 1. The summed E-state index contributed by atoms with van der Waals surface area (Å²) in [6, 6.07) is 22.9. The van der Waals surface area contributed by atoms with Gasteiger partial charge in [-0.3, -0.25) is 4.79 Å². The Hall–Kier alpha value is -3.11. The van der Waals surface area contributed by atoms with Crippen molar-refractivity contribution in [2.45, 2.75) is 19.5 Å². The molecule has 1 amide bonds. The van der Waals surface area contributed by atoms with Crippen LogP contribution in [0.1, 0.15) is 16.7 Å². The quantitative estimate of drug-likeness (QED) is 0.640. The molecule has 4 heteroatoms. The van der Waals surface area contributed by atoms with Crippen LogP contribution < -0.4 is 11.1 Å². The summed E-state index contributed by atoms with van der Waals surface area (Å²) >= 11 is 0. The number of aromatic hydroxyl groups is 1. The number of carbonyl (C=O) groups excluding carboxylic acids is 1. The molecule has 0 unspecified atom stereocenters. The Morgan fingerprint density at radius 1 is 0.769 bits per heavy atom. The number of benzene rings is 3. The summed E-state index contributed by atoms with van der Waals surface area (Å²) in [6.45, 7) is 1.03. The van der Waals surface area contributed by atoms with Crippen molar-refractivity contribution in [3.63, 3.8) is 0 Å². The molecule has 0 fully saturated rings. The molecule has 3 aromatic carbocycles. The van der Waals surface area contributed by atoms with Gasteiger partial charge in [-0.05, 0) is 39.9 Å². The lowest BCUT2D eigenvalue weighted by Crippen LogP contribution is -2.24. The summed E-state index contributed by atoms with van der Waals surface area (Å²) in [6.07, 6.45) is 0.344. The average Bonchev–Trinajstić information content (AvgIpc) is 2.68. The molecule has 0 aliphatic rings. The van der Waals surface area contributed by atoms with Gasteiger partial charge in [-0.2, -0.15) is 0 Å². The normalized spacial score (nSPS) is 10.5. The highest BCUT2D eigenvalue weighted by molar-refractivity contribution is 5.78. The highest BCUT2D eigenvalue weighted by Gasteiger charge is 2.05. The third-order valence-corrected chi connectivity index (χ3v) is 4.27.